The summed E-state index contributed by atoms with van der Waals surface area (Å²) in [5.41, 5.74) is 0.0614. The molecular weight excluding hydrogens is 367 g/mol. The summed E-state index contributed by atoms with van der Waals surface area (Å²) in [4.78, 5) is 28.5. The van der Waals surface area contributed by atoms with E-state index in [1.807, 2.05) is 0 Å². The second-order valence-electron chi connectivity index (χ2n) is 8.01. The van der Waals surface area contributed by atoms with Gasteiger partial charge < -0.3 is 14.9 Å². The number of rotatable bonds is 4. The highest BCUT2D eigenvalue weighted by atomic mass is 32.2. The molecule has 1 aliphatic carbocycles. The minimum atomic E-state index is -0.806. The molecule has 0 spiro atoms. The lowest BCUT2D eigenvalue weighted by Gasteiger charge is -2.36. The van der Waals surface area contributed by atoms with E-state index in [1.165, 1.54) is 12.1 Å². The lowest BCUT2D eigenvalue weighted by molar-refractivity contribution is -0.145. The van der Waals surface area contributed by atoms with Crippen molar-refractivity contribution in [2.75, 3.05) is 19.3 Å². The van der Waals surface area contributed by atoms with E-state index < -0.39 is 16.5 Å². The zero-order chi connectivity index (χ0) is 19.2. The Morgan fingerprint density at radius 3 is 2.63 bits per heavy atom. The van der Waals surface area contributed by atoms with E-state index >= 15 is 0 Å². The van der Waals surface area contributed by atoms with Gasteiger partial charge in [-0.3, -0.25) is 9.59 Å². The number of likely N-dealkylation sites (N-methyl/N-ethyl adjacent to an activating group) is 1. The van der Waals surface area contributed by atoms with E-state index in [2.05, 4.69) is 0 Å². The predicted molar refractivity (Wildman–Crippen MR) is 101 cm³/mol. The maximum atomic E-state index is 13.4. The van der Waals surface area contributed by atoms with E-state index in [-0.39, 0.29) is 17.6 Å². The van der Waals surface area contributed by atoms with Crippen molar-refractivity contribution in [3.05, 3.63) is 35.6 Å². The molecule has 1 saturated carbocycles. The summed E-state index contributed by atoms with van der Waals surface area (Å²) in [5, 5.41) is 10.6. The van der Waals surface area contributed by atoms with Gasteiger partial charge in [0.1, 0.15) is 16.7 Å². The fourth-order valence-corrected chi connectivity index (χ4v) is 6.44. The van der Waals surface area contributed by atoms with Gasteiger partial charge in [0.2, 0.25) is 11.8 Å². The molecule has 1 N–H and O–H groups in total. The highest BCUT2D eigenvalue weighted by Crippen LogP contribution is 2.54. The number of hydrogen-bond acceptors (Lipinski definition) is 4. The van der Waals surface area contributed by atoms with Gasteiger partial charge in [-0.05, 0) is 37.0 Å². The second-order valence-corrected chi connectivity index (χ2v) is 9.30. The highest BCUT2D eigenvalue weighted by molar-refractivity contribution is 8.00. The third-order valence-corrected chi connectivity index (χ3v) is 7.75. The number of hydrogen-bond donors (Lipinski definition) is 1. The van der Waals surface area contributed by atoms with Gasteiger partial charge in [-0.15, -0.1) is 11.8 Å². The molecule has 0 radical (unpaired) electrons. The summed E-state index contributed by atoms with van der Waals surface area (Å²) in [6.07, 6.45) is 4.41. The van der Waals surface area contributed by atoms with Crippen LogP contribution in [0, 0.1) is 5.82 Å². The molecule has 4 rings (SSSR count). The van der Waals surface area contributed by atoms with Gasteiger partial charge in [0.05, 0.1) is 5.60 Å². The number of aliphatic hydroxyl groups is 1. The first-order valence-electron chi connectivity index (χ1n) is 9.54. The molecule has 2 aliphatic heterocycles. The molecule has 0 aromatic heterocycles. The van der Waals surface area contributed by atoms with Crippen LogP contribution in [0.15, 0.2) is 24.3 Å². The molecule has 27 heavy (non-hydrogen) atoms. The summed E-state index contributed by atoms with van der Waals surface area (Å²) in [7, 11) is 1.71. The number of carbonyl (C=O) groups excluding carboxylic acids is 2. The molecule has 3 aliphatic rings. The minimum absolute atomic E-state index is 0.0318. The quantitative estimate of drug-likeness (QED) is 0.855. The summed E-state index contributed by atoms with van der Waals surface area (Å²) in [6.45, 7) is 0.304. The lowest BCUT2D eigenvalue weighted by atomic mass is 10.0. The Morgan fingerprint density at radius 2 is 1.96 bits per heavy atom. The zero-order valence-corrected chi connectivity index (χ0v) is 16.3. The topological polar surface area (TPSA) is 60.9 Å². The molecule has 2 saturated heterocycles. The van der Waals surface area contributed by atoms with Gasteiger partial charge in [-0.2, -0.15) is 0 Å². The van der Waals surface area contributed by atoms with E-state index in [9.17, 15) is 19.1 Å². The van der Waals surface area contributed by atoms with Crippen molar-refractivity contribution in [1.29, 1.82) is 0 Å². The van der Waals surface area contributed by atoms with E-state index in [4.69, 9.17) is 0 Å². The lowest BCUT2D eigenvalue weighted by Crippen LogP contribution is -2.53. The van der Waals surface area contributed by atoms with Crippen LogP contribution < -0.4 is 0 Å². The standard InChI is InChI=1S/C20H25FN2O3S/c1-22(13-19(26)9-2-3-10-19)18(25)16-12-27-20(11-8-17(24)23(16)20)14-4-6-15(21)7-5-14/h4-7,16,26H,2-3,8-13H2,1H3/t16-,20+/m0/s1. The van der Waals surface area contributed by atoms with Gasteiger partial charge in [0.15, 0.2) is 0 Å². The van der Waals surface area contributed by atoms with Gasteiger partial charge in [0, 0.05) is 25.8 Å². The van der Waals surface area contributed by atoms with Crippen LogP contribution in [0.5, 0.6) is 0 Å². The Balaban J connectivity index is 1.56. The summed E-state index contributed by atoms with van der Waals surface area (Å²) in [6, 6.07) is 5.70. The molecule has 146 valence electrons. The second kappa shape index (κ2) is 6.78. The molecule has 0 unspecified atom stereocenters. The Kier molecular flexibility index (Phi) is 4.71. The molecule has 5 nitrogen and oxygen atoms in total. The first-order valence-corrected chi connectivity index (χ1v) is 10.5. The first kappa shape index (κ1) is 18.7. The number of amides is 2. The number of nitrogens with zero attached hydrogens (tertiary/aromatic N) is 2. The van der Waals surface area contributed by atoms with Crippen molar-refractivity contribution in [2.45, 2.75) is 55.0 Å². The van der Waals surface area contributed by atoms with Crippen molar-refractivity contribution >= 4 is 23.6 Å². The third kappa shape index (κ3) is 3.14. The monoisotopic (exact) mass is 392 g/mol. The predicted octanol–water partition coefficient (Wildman–Crippen LogP) is 2.48. The largest absolute Gasteiger partial charge is 0.388 e. The number of benzene rings is 1. The van der Waals surface area contributed by atoms with Gasteiger partial charge >= 0.3 is 0 Å². The normalized spacial score (nSPS) is 29.2. The minimum Gasteiger partial charge on any atom is -0.388 e. The number of fused-ring (bicyclic) bond motifs is 1. The molecular formula is C20H25FN2O3S. The van der Waals surface area contributed by atoms with Crippen LogP contribution in [0.1, 0.15) is 44.1 Å². The van der Waals surface area contributed by atoms with Crippen LogP contribution in [0.25, 0.3) is 0 Å². The van der Waals surface area contributed by atoms with E-state index in [1.54, 1.807) is 40.7 Å². The van der Waals surface area contributed by atoms with Crippen molar-refractivity contribution in [3.63, 3.8) is 0 Å². The Hall–Kier alpha value is -1.60. The van der Waals surface area contributed by atoms with Gasteiger partial charge in [0.25, 0.3) is 0 Å². The van der Waals surface area contributed by atoms with E-state index in [0.29, 0.717) is 38.0 Å². The molecule has 3 fully saturated rings. The number of halogens is 1. The maximum absolute atomic E-state index is 13.4. The zero-order valence-electron chi connectivity index (χ0n) is 15.5. The van der Waals surface area contributed by atoms with Crippen LogP contribution in [-0.4, -0.2) is 57.7 Å². The third-order valence-electron chi connectivity index (χ3n) is 6.15. The Morgan fingerprint density at radius 1 is 1.30 bits per heavy atom. The van der Waals surface area contributed by atoms with Gasteiger partial charge in [-0.25, -0.2) is 4.39 Å². The van der Waals surface area contributed by atoms with Crippen LogP contribution in [0.4, 0.5) is 4.39 Å². The average molecular weight is 392 g/mol. The molecule has 1 aromatic rings. The fraction of sp³-hybridized carbons (Fsp3) is 0.600. The summed E-state index contributed by atoms with van der Waals surface area (Å²) >= 11 is 1.59. The summed E-state index contributed by atoms with van der Waals surface area (Å²) in [5.74, 6) is 0.0500. The van der Waals surface area contributed by atoms with Crippen molar-refractivity contribution in [1.82, 2.24) is 9.80 Å². The molecule has 2 heterocycles. The van der Waals surface area contributed by atoms with Crippen LogP contribution >= 0.6 is 11.8 Å². The first-order chi connectivity index (χ1) is 12.8. The number of thioether (sulfide) groups is 1. The van der Waals surface area contributed by atoms with Crippen molar-refractivity contribution in [3.8, 4) is 0 Å². The van der Waals surface area contributed by atoms with Crippen LogP contribution in [-0.2, 0) is 14.5 Å². The smallest absolute Gasteiger partial charge is 0.246 e. The highest BCUT2D eigenvalue weighted by Gasteiger charge is 2.57. The summed E-state index contributed by atoms with van der Waals surface area (Å²) < 4.78 is 13.4. The maximum Gasteiger partial charge on any atom is 0.246 e. The molecule has 0 bridgehead atoms. The number of carbonyl (C=O) groups is 2. The average Bonchev–Trinajstić information content (AvgIpc) is 3.32. The van der Waals surface area contributed by atoms with Crippen molar-refractivity contribution < 1.29 is 19.1 Å². The van der Waals surface area contributed by atoms with Crippen molar-refractivity contribution in [2.24, 2.45) is 0 Å². The fourth-order valence-electron chi connectivity index (χ4n) is 4.80. The van der Waals surface area contributed by atoms with E-state index in [0.717, 1.165) is 18.4 Å². The molecule has 7 heteroatoms. The van der Waals surface area contributed by atoms with Gasteiger partial charge in [-0.1, -0.05) is 25.0 Å². The van der Waals surface area contributed by atoms with Crippen LogP contribution in [0.3, 0.4) is 0 Å². The Bertz CT molecular complexity index is 750. The Labute approximate surface area is 162 Å². The van der Waals surface area contributed by atoms with Crippen LogP contribution in [0.2, 0.25) is 0 Å². The SMILES string of the molecule is CN(CC1(O)CCCC1)C(=O)[C@@H]1CS[C@@]2(c3ccc(F)cc3)CCC(=O)N12. The molecule has 2 amide bonds. The molecule has 1 aromatic carbocycles. The molecule has 2 atom stereocenters.